The van der Waals surface area contributed by atoms with Crippen molar-refractivity contribution in [3.8, 4) is 0 Å². The van der Waals surface area contributed by atoms with Gasteiger partial charge in [-0.25, -0.2) is 10.3 Å². The van der Waals surface area contributed by atoms with E-state index in [1.54, 1.807) is 29.2 Å². The summed E-state index contributed by atoms with van der Waals surface area (Å²) in [6.07, 6.45) is 1.13. The summed E-state index contributed by atoms with van der Waals surface area (Å²) in [5, 5.41) is 0. The van der Waals surface area contributed by atoms with Gasteiger partial charge in [0, 0.05) is 18.7 Å². The summed E-state index contributed by atoms with van der Waals surface area (Å²) < 4.78 is 5.08. The van der Waals surface area contributed by atoms with E-state index < -0.39 is 0 Å². The number of nitrogens with zero attached hydrogens (tertiary/aromatic N) is 1. The summed E-state index contributed by atoms with van der Waals surface area (Å²) >= 11 is 0. The lowest BCUT2D eigenvalue weighted by atomic mass is 10.2. The smallest absolute Gasteiger partial charge is 0.332 e. The molecule has 20 heavy (non-hydrogen) atoms. The molecule has 0 atom stereocenters. The van der Waals surface area contributed by atoms with Gasteiger partial charge in [-0.1, -0.05) is 6.92 Å². The fourth-order valence-electron chi connectivity index (χ4n) is 1.87. The van der Waals surface area contributed by atoms with Gasteiger partial charge in [-0.3, -0.25) is 4.79 Å². The van der Waals surface area contributed by atoms with Crippen LogP contribution in [0.4, 0.5) is 11.4 Å². The molecule has 0 saturated carbocycles. The third-order valence-electron chi connectivity index (χ3n) is 2.90. The van der Waals surface area contributed by atoms with Gasteiger partial charge >= 0.3 is 5.97 Å². The Morgan fingerprint density at radius 2 is 2.15 bits per heavy atom. The van der Waals surface area contributed by atoms with Crippen LogP contribution in [0, 0.1) is 0 Å². The number of benzene rings is 1. The van der Waals surface area contributed by atoms with Crippen molar-refractivity contribution in [2.75, 3.05) is 30.1 Å². The molecule has 0 aliphatic carbocycles. The molecular formula is C14H18N2O4. The first-order valence-corrected chi connectivity index (χ1v) is 6.64. The number of carbonyl (C=O) groups is 2. The molecule has 6 nitrogen and oxygen atoms in total. The van der Waals surface area contributed by atoms with E-state index in [4.69, 9.17) is 9.57 Å². The lowest BCUT2D eigenvalue weighted by molar-refractivity contribution is -0.140. The molecule has 0 aromatic heterocycles. The van der Waals surface area contributed by atoms with Crippen molar-refractivity contribution in [2.45, 2.75) is 19.8 Å². The minimum absolute atomic E-state index is 0.0497. The second kappa shape index (κ2) is 6.91. The molecule has 1 aromatic rings. The summed E-state index contributed by atoms with van der Waals surface area (Å²) in [5.41, 5.74) is 4.07. The van der Waals surface area contributed by atoms with Gasteiger partial charge in [0.15, 0.2) is 0 Å². The Kier molecular flexibility index (Phi) is 4.95. The zero-order valence-electron chi connectivity index (χ0n) is 11.4. The summed E-state index contributed by atoms with van der Waals surface area (Å²) in [7, 11) is 0. The number of rotatable bonds is 5. The fraction of sp³-hybridized carbons (Fsp3) is 0.429. The van der Waals surface area contributed by atoms with E-state index in [2.05, 4.69) is 5.48 Å². The maximum atomic E-state index is 11.7. The lowest BCUT2D eigenvalue weighted by Gasteiger charge is -2.26. The van der Waals surface area contributed by atoms with Crippen molar-refractivity contribution in [3.63, 3.8) is 0 Å². The molecule has 1 fully saturated rings. The molecule has 0 bridgehead atoms. The fourth-order valence-corrected chi connectivity index (χ4v) is 1.87. The first-order chi connectivity index (χ1) is 9.70. The molecule has 1 saturated heterocycles. The van der Waals surface area contributed by atoms with Crippen LogP contribution in [0.15, 0.2) is 24.3 Å². The average Bonchev–Trinajstić information content (AvgIpc) is 2.47. The van der Waals surface area contributed by atoms with E-state index in [9.17, 15) is 9.59 Å². The summed E-state index contributed by atoms with van der Waals surface area (Å²) in [6.45, 7) is 3.13. The van der Waals surface area contributed by atoms with Crippen molar-refractivity contribution >= 4 is 23.3 Å². The molecule has 1 aromatic carbocycles. The van der Waals surface area contributed by atoms with Gasteiger partial charge in [0.1, 0.15) is 6.61 Å². The quantitative estimate of drug-likeness (QED) is 0.831. The molecule has 0 spiro atoms. The summed E-state index contributed by atoms with van der Waals surface area (Å²) in [4.78, 5) is 29.5. The monoisotopic (exact) mass is 278 g/mol. The van der Waals surface area contributed by atoms with Crippen molar-refractivity contribution in [2.24, 2.45) is 0 Å². The van der Waals surface area contributed by atoms with Gasteiger partial charge in [0.25, 0.3) is 5.91 Å². The highest BCUT2D eigenvalue weighted by Gasteiger charge is 2.19. The largest absolute Gasteiger partial charge is 0.370 e. The minimum Gasteiger partial charge on any atom is -0.370 e. The maximum absolute atomic E-state index is 11.7. The zero-order valence-corrected chi connectivity index (χ0v) is 11.4. The molecular weight excluding hydrogens is 260 g/mol. The average molecular weight is 278 g/mol. The van der Waals surface area contributed by atoms with Gasteiger partial charge in [-0.05, 0) is 30.7 Å². The molecule has 1 N–H and O–H groups in total. The molecule has 1 heterocycles. The van der Waals surface area contributed by atoms with Crippen molar-refractivity contribution < 1.29 is 19.2 Å². The van der Waals surface area contributed by atoms with Crippen LogP contribution in [0.3, 0.4) is 0 Å². The van der Waals surface area contributed by atoms with E-state index in [-0.39, 0.29) is 18.5 Å². The number of hydrogen-bond donors (Lipinski definition) is 1. The molecule has 1 aliphatic rings. The minimum atomic E-state index is -0.292. The second-order valence-electron chi connectivity index (χ2n) is 4.47. The van der Waals surface area contributed by atoms with Crippen LogP contribution in [0.25, 0.3) is 0 Å². The Labute approximate surface area is 117 Å². The Bertz CT molecular complexity index is 473. The van der Waals surface area contributed by atoms with E-state index in [0.717, 1.165) is 12.1 Å². The maximum Gasteiger partial charge on any atom is 0.332 e. The number of hydrogen-bond acceptors (Lipinski definition) is 5. The highest BCUT2D eigenvalue weighted by molar-refractivity contribution is 5.95. The molecule has 6 heteroatoms. The molecule has 1 aliphatic heterocycles. The van der Waals surface area contributed by atoms with Crippen molar-refractivity contribution in [1.29, 1.82) is 0 Å². The van der Waals surface area contributed by atoms with Crippen LogP contribution in [-0.2, 0) is 19.2 Å². The number of ether oxygens (including phenoxy) is 1. The first-order valence-electron chi connectivity index (χ1n) is 6.64. The Morgan fingerprint density at radius 3 is 2.80 bits per heavy atom. The van der Waals surface area contributed by atoms with Gasteiger partial charge in [0.2, 0.25) is 0 Å². The zero-order chi connectivity index (χ0) is 14.4. The SMILES string of the molecule is CCCC(=O)ONc1ccc(N2CCOCC2=O)cc1. The van der Waals surface area contributed by atoms with Gasteiger partial charge < -0.3 is 14.5 Å². The highest BCUT2D eigenvalue weighted by Crippen LogP contribution is 2.19. The number of nitrogens with one attached hydrogen (secondary N) is 1. The van der Waals surface area contributed by atoms with Crippen LogP contribution in [0.5, 0.6) is 0 Å². The standard InChI is InChI=1S/C14H18N2O4/c1-2-3-14(18)20-15-11-4-6-12(7-5-11)16-8-9-19-10-13(16)17/h4-7,15H,2-3,8-10H2,1H3. The van der Waals surface area contributed by atoms with Crippen LogP contribution < -0.4 is 10.4 Å². The topological polar surface area (TPSA) is 67.9 Å². The van der Waals surface area contributed by atoms with Crippen LogP contribution in [-0.4, -0.2) is 31.6 Å². The Hall–Kier alpha value is -2.08. The van der Waals surface area contributed by atoms with Crippen LogP contribution >= 0.6 is 0 Å². The van der Waals surface area contributed by atoms with E-state index in [0.29, 0.717) is 25.3 Å². The van der Waals surface area contributed by atoms with E-state index in [1.165, 1.54) is 0 Å². The van der Waals surface area contributed by atoms with Gasteiger partial charge in [0.05, 0.1) is 12.3 Å². The predicted octanol–water partition coefficient (Wildman–Crippen LogP) is 1.72. The number of amides is 1. The van der Waals surface area contributed by atoms with Gasteiger partial charge in [-0.2, -0.15) is 0 Å². The normalized spacial score (nSPS) is 15.1. The number of anilines is 2. The lowest BCUT2D eigenvalue weighted by Crippen LogP contribution is -2.41. The molecule has 108 valence electrons. The molecule has 0 unspecified atom stereocenters. The highest BCUT2D eigenvalue weighted by atomic mass is 16.7. The third kappa shape index (κ3) is 3.71. The Balaban J connectivity index is 1.92. The van der Waals surface area contributed by atoms with Crippen LogP contribution in [0.1, 0.15) is 19.8 Å². The van der Waals surface area contributed by atoms with E-state index >= 15 is 0 Å². The predicted molar refractivity (Wildman–Crippen MR) is 74.2 cm³/mol. The first kappa shape index (κ1) is 14.3. The summed E-state index contributed by atoms with van der Waals surface area (Å²) in [6, 6.07) is 7.13. The van der Waals surface area contributed by atoms with Crippen LogP contribution in [0.2, 0.25) is 0 Å². The van der Waals surface area contributed by atoms with Gasteiger partial charge in [-0.15, -0.1) is 0 Å². The van der Waals surface area contributed by atoms with E-state index in [1.807, 2.05) is 6.92 Å². The third-order valence-corrected chi connectivity index (χ3v) is 2.90. The number of carbonyl (C=O) groups excluding carboxylic acids is 2. The molecule has 0 radical (unpaired) electrons. The van der Waals surface area contributed by atoms with Crippen molar-refractivity contribution in [1.82, 2.24) is 0 Å². The summed E-state index contributed by atoms with van der Waals surface area (Å²) in [5.74, 6) is -0.341. The number of morpholine rings is 1. The van der Waals surface area contributed by atoms with Crippen molar-refractivity contribution in [3.05, 3.63) is 24.3 Å². The molecule has 2 rings (SSSR count). The molecule has 1 amide bonds. The Morgan fingerprint density at radius 1 is 1.40 bits per heavy atom. The second-order valence-corrected chi connectivity index (χ2v) is 4.47.